The maximum Gasteiger partial charge on any atom is 0.490 e. The smallest absolute Gasteiger partial charge is 0.490 e. The van der Waals surface area contributed by atoms with Gasteiger partial charge in [0, 0.05) is 11.7 Å². The molecule has 1 heterocycles. The van der Waals surface area contributed by atoms with Gasteiger partial charge in [-0.1, -0.05) is 0 Å². The predicted octanol–water partition coefficient (Wildman–Crippen LogP) is -1.04. The third-order valence-corrected chi connectivity index (χ3v) is 4.56. The summed E-state index contributed by atoms with van der Waals surface area (Å²) >= 11 is 0. The van der Waals surface area contributed by atoms with Crippen LogP contribution in [0.25, 0.3) is 0 Å². The van der Waals surface area contributed by atoms with E-state index in [-0.39, 0.29) is 17.8 Å². The number of nitrogens with zero attached hydrogens (tertiary/aromatic N) is 1. The monoisotopic (exact) mass is 273 g/mol. The minimum Gasteiger partial charge on any atom is -0.491 e. The fraction of sp³-hybridized carbons (Fsp3) is 0.500. The second kappa shape index (κ2) is 6.17. The van der Waals surface area contributed by atoms with Crippen LogP contribution in [0.15, 0.2) is 18.5 Å². The Balaban J connectivity index is 2.57. The summed E-state index contributed by atoms with van der Waals surface area (Å²) in [6, 6.07) is 1.40. The molecule has 0 aliphatic rings. The normalized spacial score (nSPS) is 11.6. The summed E-state index contributed by atoms with van der Waals surface area (Å²) in [5, 5.41) is 17.4. The van der Waals surface area contributed by atoms with E-state index in [0.717, 1.165) is 0 Å². The van der Waals surface area contributed by atoms with Crippen LogP contribution < -0.4 is 10.2 Å². The molecule has 0 spiro atoms. The number of hydrogen-bond acceptors (Lipinski definition) is 6. The highest BCUT2D eigenvalue weighted by Crippen LogP contribution is 2.07. The van der Waals surface area contributed by atoms with E-state index in [0.29, 0.717) is 5.75 Å². The van der Waals surface area contributed by atoms with Gasteiger partial charge in [0.25, 0.3) is 0 Å². The molecule has 1 aromatic rings. The van der Waals surface area contributed by atoms with Crippen LogP contribution in [0.2, 0.25) is 0 Å². The fourth-order valence-electron chi connectivity index (χ4n) is 1.17. The fourth-order valence-corrected chi connectivity index (χ4v) is 1.95. The van der Waals surface area contributed by atoms with E-state index >= 15 is 0 Å². The molecule has 100 valence electrons. The Bertz CT molecular complexity index is 489. The lowest BCUT2D eigenvalue weighted by Gasteiger charge is -2.09. The van der Waals surface area contributed by atoms with Gasteiger partial charge in [-0.05, 0) is 19.9 Å². The molecule has 0 radical (unpaired) electrons. The van der Waals surface area contributed by atoms with Crippen molar-refractivity contribution in [2.45, 2.75) is 19.1 Å². The van der Waals surface area contributed by atoms with E-state index in [4.69, 9.17) is 14.8 Å². The molecule has 0 fully saturated rings. The molecular weight excluding hydrogens is 257 g/mol. The third kappa shape index (κ3) is 4.28. The van der Waals surface area contributed by atoms with Crippen molar-refractivity contribution in [1.29, 1.82) is 0 Å². The van der Waals surface area contributed by atoms with Crippen LogP contribution >= 0.6 is 0 Å². The Kier molecular flexibility index (Phi) is 5.12. The average molecular weight is 273 g/mol. The first-order valence-corrected chi connectivity index (χ1v) is 7.20. The minimum absolute atomic E-state index is 0.00711. The van der Waals surface area contributed by atoms with Crippen LogP contribution in [0.5, 0.6) is 5.75 Å². The maximum atomic E-state index is 11.5. The molecule has 0 amide bonds. The Labute approximate surface area is 107 Å². The molecule has 8 heteroatoms. The molecule has 0 bridgehead atoms. The van der Waals surface area contributed by atoms with Crippen LogP contribution in [0.1, 0.15) is 13.8 Å². The van der Waals surface area contributed by atoms with Crippen molar-refractivity contribution in [3.05, 3.63) is 18.5 Å². The largest absolute Gasteiger partial charge is 0.491 e. The van der Waals surface area contributed by atoms with Crippen molar-refractivity contribution in [2.24, 2.45) is 0 Å². The molecular formula is C10H16BNO5S. The Morgan fingerprint density at radius 2 is 2.06 bits per heavy atom. The van der Waals surface area contributed by atoms with Gasteiger partial charge in [0.1, 0.15) is 12.4 Å². The highest BCUT2D eigenvalue weighted by Gasteiger charge is 2.16. The van der Waals surface area contributed by atoms with Gasteiger partial charge in [0.2, 0.25) is 0 Å². The maximum absolute atomic E-state index is 11.5. The van der Waals surface area contributed by atoms with Gasteiger partial charge in [-0.15, -0.1) is 0 Å². The first kappa shape index (κ1) is 14.9. The lowest BCUT2D eigenvalue weighted by Crippen LogP contribution is -2.30. The van der Waals surface area contributed by atoms with Gasteiger partial charge >= 0.3 is 7.12 Å². The van der Waals surface area contributed by atoms with Gasteiger partial charge < -0.3 is 14.8 Å². The first-order valence-electron chi connectivity index (χ1n) is 5.48. The quantitative estimate of drug-likeness (QED) is 0.643. The number of aromatic nitrogens is 1. The summed E-state index contributed by atoms with van der Waals surface area (Å²) in [6.45, 7) is 3.23. The molecule has 0 unspecified atom stereocenters. The number of hydrogen-bond donors (Lipinski definition) is 2. The molecule has 0 saturated carbocycles. The molecule has 18 heavy (non-hydrogen) atoms. The van der Waals surface area contributed by atoms with Crippen LogP contribution in [0.3, 0.4) is 0 Å². The van der Waals surface area contributed by atoms with E-state index in [1.54, 1.807) is 13.8 Å². The number of rotatable bonds is 6. The zero-order valence-electron chi connectivity index (χ0n) is 10.3. The van der Waals surface area contributed by atoms with Crippen molar-refractivity contribution in [2.75, 3.05) is 12.4 Å². The Morgan fingerprint density at radius 1 is 1.39 bits per heavy atom. The Hall–Kier alpha value is -1.12. The van der Waals surface area contributed by atoms with E-state index in [1.807, 2.05) is 0 Å². The van der Waals surface area contributed by atoms with E-state index in [2.05, 4.69) is 4.98 Å². The highest BCUT2D eigenvalue weighted by molar-refractivity contribution is 7.91. The zero-order valence-corrected chi connectivity index (χ0v) is 11.1. The van der Waals surface area contributed by atoms with Crippen LogP contribution in [0.4, 0.5) is 0 Å². The average Bonchev–Trinajstić information content (AvgIpc) is 2.29. The van der Waals surface area contributed by atoms with Crippen molar-refractivity contribution in [1.82, 2.24) is 4.98 Å². The molecule has 0 aromatic carbocycles. The van der Waals surface area contributed by atoms with Gasteiger partial charge in [0.05, 0.1) is 17.2 Å². The van der Waals surface area contributed by atoms with Gasteiger partial charge in [-0.3, -0.25) is 4.98 Å². The molecule has 0 aliphatic heterocycles. The first-order chi connectivity index (χ1) is 8.33. The second-order valence-corrected chi connectivity index (χ2v) is 6.77. The third-order valence-electron chi connectivity index (χ3n) is 2.39. The summed E-state index contributed by atoms with van der Waals surface area (Å²) < 4.78 is 28.3. The minimum atomic E-state index is -3.14. The van der Waals surface area contributed by atoms with E-state index in [9.17, 15) is 8.42 Å². The highest BCUT2D eigenvalue weighted by atomic mass is 32.2. The lowest BCUT2D eigenvalue weighted by molar-refractivity contribution is 0.339. The Morgan fingerprint density at radius 3 is 2.61 bits per heavy atom. The standard InChI is InChI=1S/C10H16BNO5S/c1-8(2)18(15,16)4-3-17-10-5-9(11(13)14)6-12-7-10/h5-8,13-14H,3-4H2,1-2H3. The topological polar surface area (TPSA) is 96.7 Å². The van der Waals surface area contributed by atoms with Crippen molar-refractivity contribution >= 4 is 22.4 Å². The van der Waals surface area contributed by atoms with E-state index in [1.165, 1.54) is 18.5 Å². The number of pyridine rings is 1. The van der Waals surface area contributed by atoms with Crippen LogP contribution in [0, 0.1) is 0 Å². The zero-order chi connectivity index (χ0) is 13.8. The van der Waals surface area contributed by atoms with Crippen LogP contribution in [-0.2, 0) is 9.84 Å². The van der Waals surface area contributed by atoms with Crippen molar-refractivity contribution in [3.63, 3.8) is 0 Å². The van der Waals surface area contributed by atoms with Crippen LogP contribution in [-0.4, -0.2) is 48.2 Å². The van der Waals surface area contributed by atoms with Gasteiger partial charge in [-0.2, -0.15) is 0 Å². The van der Waals surface area contributed by atoms with Gasteiger partial charge in [0.15, 0.2) is 9.84 Å². The summed E-state index contributed by atoms with van der Waals surface area (Å²) in [6.07, 6.45) is 2.68. The second-order valence-electron chi connectivity index (χ2n) is 4.09. The number of ether oxygens (including phenoxy) is 1. The summed E-state index contributed by atoms with van der Waals surface area (Å²) in [5.41, 5.74) is 0.194. The lowest BCUT2D eigenvalue weighted by atomic mass is 9.82. The molecule has 1 rings (SSSR count). The predicted molar refractivity (Wildman–Crippen MR) is 68.5 cm³/mol. The summed E-state index contributed by atoms with van der Waals surface area (Å²) in [4.78, 5) is 3.76. The van der Waals surface area contributed by atoms with E-state index < -0.39 is 22.2 Å². The summed E-state index contributed by atoms with van der Waals surface area (Å²) in [5.74, 6) is 0.218. The molecule has 6 nitrogen and oxygen atoms in total. The SMILES string of the molecule is CC(C)S(=O)(=O)CCOc1cncc(B(O)O)c1. The van der Waals surface area contributed by atoms with Gasteiger partial charge in [-0.25, -0.2) is 8.42 Å². The summed E-state index contributed by atoms with van der Waals surface area (Å²) in [7, 11) is -4.76. The van der Waals surface area contributed by atoms with Crippen molar-refractivity contribution < 1.29 is 23.2 Å². The molecule has 0 atom stereocenters. The molecule has 0 aliphatic carbocycles. The molecule has 2 N–H and O–H groups in total. The number of sulfone groups is 1. The van der Waals surface area contributed by atoms with Crippen molar-refractivity contribution in [3.8, 4) is 5.75 Å². The molecule has 1 aromatic heterocycles. The molecule has 0 saturated heterocycles.